The molecule has 19 heavy (non-hydrogen) atoms. The summed E-state index contributed by atoms with van der Waals surface area (Å²) in [5, 5.41) is 14.0. The van der Waals surface area contributed by atoms with Crippen molar-refractivity contribution in [3.8, 4) is 11.8 Å². The molecule has 2 N–H and O–H groups in total. The van der Waals surface area contributed by atoms with Crippen LogP contribution in [-0.2, 0) is 11.3 Å². The van der Waals surface area contributed by atoms with Gasteiger partial charge in [0.1, 0.15) is 12.3 Å². The van der Waals surface area contributed by atoms with Crippen molar-refractivity contribution in [3.63, 3.8) is 0 Å². The molecule has 0 radical (unpaired) electrons. The molecule has 0 saturated heterocycles. The van der Waals surface area contributed by atoms with Crippen LogP contribution in [0.2, 0.25) is 0 Å². The highest BCUT2D eigenvalue weighted by atomic mass is 16.5. The van der Waals surface area contributed by atoms with Gasteiger partial charge in [0.2, 0.25) is 0 Å². The third kappa shape index (κ3) is 6.43. The van der Waals surface area contributed by atoms with Gasteiger partial charge in [0.25, 0.3) is 5.91 Å². The first-order valence-electron chi connectivity index (χ1n) is 6.20. The zero-order chi connectivity index (χ0) is 14.1. The standard InChI is InChI=1S/C14H19N3O2/c1-11(2)17-9-12-3-5-13(6-4-12)19-10-14(18)16-8-7-15/h3-6,11,17H,8-10H2,1-2H3,(H,16,18). The second kappa shape index (κ2) is 8.11. The molecule has 0 aromatic heterocycles. The average Bonchev–Trinajstić information content (AvgIpc) is 2.41. The number of hydrogen-bond acceptors (Lipinski definition) is 4. The first kappa shape index (κ1) is 15.0. The molecule has 0 saturated carbocycles. The van der Waals surface area contributed by atoms with Crippen molar-refractivity contribution >= 4 is 5.91 Å². The topological polar surface area (TPSA) is 74.2 Å². The lowest BCUT2D eigenvalue weighted by Gasteiger charge is -2.09. The minimum Gasteiger partial charge on any atom is -0.484 e. The fourth-order valence-electron chi connectivity index (χ4n) is 1.36. The maximum atomic E-state index is 11.2. The molecule has 0 unspecified atom stereocenters. The van der Waals surface area contributed by atoms with Crippen molar-refractivity contribution in [3.05, 3.63) is 29.8 Å². The molecule has 0 spiro atoms. The van der Waals surface area contributed by atoms with Gasteiger partial charge in [-0.1, -0.05) is 26.0 Å². The van der Waals surface area contributed by atoms with Crippen molar-refractivity contribution in [1.82, 2.24) is 10.6 Å². The fourth-order valence-corrected chi connectivity index (χ4v) is 1.36. The van der Waals surface area contributed by atoms with Gasteiger partial charge < -0.3 is 15.4 Å². The normalized spacial score (nSPS) is 10.0. The van der Waals surface area contributed by atoms with E-state index in [-0.39, 0.29) is 19.1 Å². The van der Waals surface area contributed by atoms with E-state index in [0.717, 1.165) is 12.1 Å². The maximum Gasteiger partial charge on any atom is 0.258 e. The van der Waals surface area contributed by atoms with E-state index in [2.05, 4.69) is 24.5 Å². The SMILES string of the molecule is CC(C)NCc1ccc(OCC(=O)NCC#N)cc1. The number of amides is 1. The van der Waals surface area contributed by atoms with Crippen LogP contribution >= 0.6 is 0 Å². The minimum absolute atomic E-state index is 0.00199. The lowest BCUT2D eigenvalue weighted by atomic mass is 10.2. The Labute approximate surface area is 113 Å². The molecule has 1 rings (SSSR count). The van der Waals surface area contributed by atoms with E-state index in [9.17, 15) is 4.79 Å². The van der Waals surface area contributed by atoms with Gasteiger partial charge in [0, 0.05) is 12.6 Å². The van der Waals surface area contributed by atoms with Crippen molar-refractivity contribution in [1.29, 1.82) is 5.26 Å². The number of nitriles is 1. The quantitative estimate of drug-likeness (QED) is 0.723. The Bertz CT molecular complexity index is 435. The fraction of sp³-hybridized carbons (Fsp3) is 0.429. The minimum atomic E-state index is -0.299. The summed E-state index contributed by atoms with van der Waals surface area (Å²) in [5.74, 6) is 0.340. The number of ether oxygens (including phenoxy) is 1. The van der Waals surface area contributed by atoms with Crippen LogP contribution in [0.15, 0.2) is 24.3 Å². The Morgan fingerprint density at radius 3 is 2.63 bits per heavy atom. The van der Waals surface area contributed by atoms with E-state index >= 15 is 0 Å². The highest BCUT2D eigenvalue weighted by Gasteiger charge is 2.02. The Hall–Kier alpha value is -2.06. The zero-order valence-electron chi connectivity index (χ0n) is 11.3. The van der Waals surface area contributed by atoms with Gasteiger partial charge in [0.05, 0.1) is 6.07 Å². The summed E-state index contributed by atoms with van der Waals surface area (Å²) >= 11 is 0. The van der Waals surface area contributed by atoms with Gasteiger partial charge in [-0.2, -0.15) is 5.26 Å². The Morgan fingerprint density at radius 1 is 1.37 bits per heavy atom. The molecule has 1 aromatic rings. The molecule has 5 heteroatoms. The van der Waals surface area contributed by atoms with E-state index in [0.29, 0.717) is 11.8 Å². The van der Waals surface area contributed by atoms with Gasteiger partial charge in [0.15, 0.2) is 6.61 Å². The van der Waals surface area contributed by atoms with Crippen LogP contribution in [0.3, 0.4) is 0 Å². The number of hydrogen-bond donors (Lipinski definition) is 2. The van der Waals surface area contributed by atoms with E-state index in [1.54, 1.807) is 0 Å². The van der Waals surface area contributed by atoms with Gasteiger partial charge >= 0.3 is 0 Å². The third-order valence-corrected chi connectivity index (χ3v) is 2.37. The van der Waals surface area contributed by atoms with Gasteiger partial charge in [-0.25, -0.2) is 0 Å². The van der Waals surface area contributed by atoms with Crippen LogP contribution in [0.4, 0.5) is 0 Å². The first-order chi connectivity index (χ1) is 9.11. The van der Waals surface area contributed by atoms with Crippen LogP contribution in [0.1, 0.15) is 19.4 Å². The monoisotopic (exact) mass is 261 g/mol. The predicted molar refractivity (Wildman–Crippen MR) is 72.5 cm³/mol. The molecule has 0 aliphatic heterocycles. The maximum absolute atomic E-state index is 11.2. The summed E-state index contributed by atoms with van der Waals surface area (Å²) in [6, 6.07) is 9.85. The zero-order valence-corrected chi connectivity index (χ0v) is 11.3. The van der Waals surface area contributed by atoms with Crippen LogP contribution in [0, 0.1) is 11.3 Å². The molecular formula is C14H19N3O2. The second-order valence-corrected chi connectivity index (χ2v) is 4.40. The number of nitrogens with zero attached hydrogens (tertiary/aromatic N) is 1. The third-order valence-electron chi connectivity index (χ3n) is 2.37. The van der Waals surface area contributed by atoms with Crippen LogP contribution in [0.25, 0.3) is 0 Å². The van der Waals surface area contributed by atoms with Crippen LogP contribution in [-0.4, -0.2) is 25.1 Å². The van der Waals surface area contributed by atoms with E-state index < -0.39 is 0 Å². The molecule has 0 heterocycles. The molecule has 0 aliphatic carbocycles. The highest BCUT2D eigenvalue weighted by Crippen LogP contribution is 2.12. The van der Waals surface area contributed by atoms with Gasteiger partial charge in [-0.3, -0.25) is 4.79 Å². The first-order valence-corrected chi connectivity index (χ1v) is 6.20. The molecule has 102 valence electrons. The lowest BCUT2D eigenvalue weighted by Crippen LogP contribution is -2.29. The van der Waals surface area contributed by atoms with Gasteiger partial charge in [-0.05, 0) is 17.7 Å². The molecule has 0 atom stereocenters. The summed E-state index contributed by atoms with van der Waals surface area (Å²) in [5.41, 5.74) is 1.16. The summed E-state index contributed by atoms with van der Waals surface area (Å²) < 4.78 is 5.30. The summed E-state index contributed by atoms with van der Waals surface area (Å²) in [7, 11) is 0. The van der Waals surface area contributed by atoms with Gasteiger partial charge in [-0.15, -0.1) is 0 Å². The lowest BCUT2D eigenvalue weighted by molar-refractivity contribution is -0.122. The van der Waals surface area contributed by atoms with Crippen molar-refractivity contribution in [2.24, 2.45) is 0 Å². The molecular weight excluding hydrogens is 242 g/mol. The largest absolute Gasteiger partial charge is 0.484 e. The smallest absolute Gasteiger partial charge is 0.258 e. The highest BCUT2D eigenvalue weighted by molar-refractivity contribution is 5.77. The van der Waals surface area contributed by atoms with Crippen molar-refractivity contribution in [2.75, 3.05) is 13.2 Å². The number of carbonyl (C=O) groups is 1. The van der Waals surface area contributed by atoms with Crippen molar-refractivity contribution in [2.45, 2.75) is 26.4 Å². The molecule has 1 aromatic carbocycles. The predicted octanol–water partition coefficient (Wildman–Crippen LogP) is 1.20. The number of rotatable bonds is 7. The molecule has 0 fully saturated rings. The average molecular weight is 261 g/mol. The molecule has 5 nitrogen and oxygen atoms in total. The number of nitrogens with one attached hydrogen (secondary N) is 2. The molecule has 0 bridgehead atoms. The summed E-state index contributed by atoms with van der Waals surface area (Å²) in [4.78, 5) is 11.2. The molecule has 1 amide bonds. The number of benzene rings is 1. The number of carbonyl (C=O) groups excluding carboxylic acids is 1. The Kier molecular flexibility index (Phi) is 6.41. The second-order valence-electron chi connectivity index (χ2n) is 4.40. The van der Waals surface area contributed by atoms with E-state index in [1.807, 2.05) is 30.3 Å². The van der Waals surface area contributed by atoms with E-state index in [1.165, 1.54) is 0 Å². The van der Waals surface area contributed by atoms with E-state index in [4.69, 9.17) is 10.00 Å². The Balaban J connectivity index is 2.36. The Morgan fingerprint density at radius 2 is 2.05 bits per heavy atom. The van der Waals surface area contributed by atoms with Crippen LogP contribution < -0.4 is 15.4 Å². The molecule has 0 aliphatic rings. The summed E-state index contributed by atoms with van der Waals surface area (Å²) in [6.07, 6.45) is 0. The van der Waals surface area contributed by atoms with Crippen molar-refractivity contribution < 1.29 is 9.53 Å². The van der Waals surface area contributed by atoms with Crippen LogP contribution in [0.5, 0.6) is 5.75 Å². The summed E-state index contributed by atoms with van der Waals surface area (Å²) in [6.45, 7) is 4.92.